The van der Waals surface area contributed by atoms with Gasteiger partial charge < -0.3 is 29.2 Å². The number of carbonyl (C=O) groups is 1. The summed E-state index contributed by atoms with van der Waals surface area (Å²) >= 11 is 0. The average molecular weight is 481 g/mol. The normalized spacial score (nSPS) is 12.0. The maximum atomic E-state index is 13.0. The number of methoxy groups -OCH3 is 2. The van der Waals surface area contributed by atoms with E-state index < -0.39 is 0 Å². The molecule has 0 saturated carbocycles. The SMILES string of the molecule is CCCC(C)COc1c(OC)c2ccc(NC(=O)/C=C/c3ccc(O)c(OC)c3)cc2n(C)c1=O. The van der Waals surface area contributed by atoms with Crippen LogP contribution in [0.2, 0.25) is 0 Å². The van der Waals surface area contributed by atoms with E-state index in [4.69, 9.17) is 14.2 Å². The lowest BCUT2D eigenvalue weighted by Crippen LogP contribution is -2.22. The first-order valence-corrected chi connectivity index (χ1v) is 11.5. The number of benzene rings is 2. The number of fused-ring (bicyclic) bond motifs is 1. The van der Waals surface area contributed by atoms with Gasteiger partial charge in [-0.05, 0) is 54.3 Å². The van der Waals surface area contributed by atoms with Crippen LogP contribution in [-0.4, -0.2) is 36.4 Å². The van der Waals surface area contributed by atoms with Gasteiger partial charge in [0.1, 0.15) is 0 Å². The number of rotatable bonds is 10. The molecule has 0 bridgehead atoms. The largest absolute Gasteiger partial charge is 0.504 e. The molecular weight excluding hydrogens is 448 g/mol. The maximum Gasteiger partial charge on any atom is 0.297 e. The van der Waals surface area contributed by atoms with Crippen LogP contribution in [0, 0.1) is 5.92 Å². The summed E-state index contributed by atoms with van der Waals surface area (Å²) in [4.78, 5) is 25.5. The Morgan fingerprint density at radius 3 is 2.60 bits per heavy atom. The second kappa shape index (κ2) is 11.5. The molecule has 1 atom stereocenters. The maximum absolute atomic E-state index is 13.0. The Balaban J connectivity index is 1.85. The third-order valence-corrected chi connectivity index (χ3v) is 5.71. The van der Waals surface area contributed by atoms with Crippen molar-refractivity contribution in [1.82, 2.24) is 4.57 Å². The van der Waals surface area contributed by atoms with Crippen LogP contribution in [0.15, 0.2) is 47.3 Å². The van der Waals surface area contributed by atoms with Gasteiger partial charge in [-0.3, -0.25) is 9.59 Å². The number of ether oxygens (including phenoxy) is 3. The summed E-state index contributed by atoms with van der Waals surface area (Å²) in [5.74, 6) is 0.882. The molecule has 1 unspecified atom stereocenters. The molecule has 8 heteroatoms. The van der Waals surface area contributed by atoms with Crippen molar-refractivity contribution < 1.29 is 24.1 Å². The average Bonchev–Trinajstić information content (AvgIpc) is 2.85. The van der Waals surface area contributed by atoms with Crippen molar-refractivity contribution in [2.45, 2.75) is 26.7 Å². The van der Waals surface area contributed by atoms with Crippen molar-refractivity contribution in [1.29, 1.82) is 0 Å². The van der Waals surface area contributed by atoms with Crippen LogP contribution >= 0.6 is 0 Å². The van der Waals surface area contributed by atoms with E-state index in [1.165, 1.54) is 30.9 Å². The first-order chi connectivity index (χ1) is 16.8. The third kappa shape index (κ3) is 5.95. The van der Waals surface area contributed by atoms with Gasteiger partial charge in [0.05, 0.1) is 26.3 Å². The summed E-state index contributed by atoms with van der Waals surface area (Å²) in [6, 6.07) is 10.0. The molecule has 0 spiro atoms. The molecule has 186 valence electrons. The van der Waals surface area contributed by atoms with Gasteiger partial charge in [-0.25, -0.2) is 0 Å². The highest BCUT2D eigenvalue weighted by Gasteiger charge is 2.19. The zero-order valence-electron chi connectivity index (χ0n) is 20.8. The minimum atomic E-state index is -0.349. The first kappa shape index (κ1) is 25.7. The quantitative estimate of drug-likeness (QED) is 0.407. The molecule has 0 saturated heterocycles. The monoisotopic (exact) mass is 480 g/mol. The molecule has 2 aromatic carbocycles. The fourth-order valence-corrected chi connectivity index (χ4v) is 3.85. The first-order valence-electron chi connectivity index (χ1n) is 11.5. The number of amides is 1. The molecule has 0 aliphatic carbocycles. The molecule has 0 radical (unpaired) electrons. The summed E-state index contributed by atoms with van der Waals surface area (Å²) in [6.07, 6.45) is 5.04. The van der Waals surface area contributed by atoms with E-state index >= 15 is 0 Å². The lowest BCUT2D eigenvalue weighted by Gasteiger charge is -2.18. The highest BCUT2D eigenvalue weighted by Crippen LogP contribution is 2.34. The van der Waals surface area contributed by atoms with Crippen molar-refractivity contribution >= 4 is 28.6 Å². The number of aryl methyl sites for hydroxylation is 1. The Hall–Kier alpha value is -3.94. The second-order valence-corrected chi connectivity index (χ2v) is 8.42. The zero-order valence-corrected chi connectivity index (χ0v) is 20.8. The molecule has 0 aliphatic rings. The predicted octanol–water partition coefficient (Wildman–Crippen LogP) is 4.73. The number of phenols is 1. The summed E-state index contributed by atoms with van der Waals surface area (Å²) in [5.41, 5.74) is 1.52. The van der Waals surface area contributed by atoms with Crippen LogP contribution in [0.25, 0.3) is 17.0 Å². The van der Waals surface area contributed by atoms with Crippen LogP contribution in [0.4, 0.5) is 5.69 Å². The van der Waals surface area contributed by atoms with Gasteiger partial charge in [0.2, 0.25) is 11.7 Å². The number of hydrogen-bond acceptors (Lipinski definition) is 6. The number of nitrogens with zero attached hydrogens (tertiary/aromatic N) is 1. The third-order valence-electron chi connectivity index (χ3n) is 5.71. The van der Waals surface area contributed by atoms with Gasteiger partial charge >= 0.3 is 0 Å². The van der Waals surface area contributed by atoms with Crippen molar-refractivity contribution in [3.63, 3.8) is 0 Å². The summed E-state index contributed by atoms with van der Waals surface area (Å²) in [5, 5.41) is 13.2. The number of aromatic nitrogens is 1. The minimum Gasteiger partial charge on any atom is -0.504 e. The van der Waals surface area contributed by atoms with Crippen LogP contribution < -0.4 is 25.1 Å². The zero-order chi connectivity index (χ0) is 25.5. The standard InChI is InChI=1S/C27H32N2O6/c1-6-7-17(2)16-35-26-25(34-5)20-11-10-19(15-21(20)29(3)27(26)32)28-24(31)13-9-18-8-12-22(30)23(14-18)33-4/h8-15,17,30H,6-7,16H2,1-5H3,(H,28,31)/b13-9+. The molecule has 0 fully saturated rings. The molecule has 3 rings (SSSR count). The van der Waals surface area contributed by atoms with E-state index in [0.717, 1.165) is 12.8 Å². The predicted molar refractivity (Wildman–Crippen MR) is 138 cm³/mol. The molecule has 35 heavy (non-hydrogen) atoms. The van der Waals surface area contributed by atoms with Crippen molar-refractivity contribution in [3.05, 3.63) is 58.4 Å². The molecule has 0 aliphatic heterocycles. The number of nitrogens with one attached hydrogen (secondary N) is 1. The molecular formula is C27H32N2O6. The van der Waals surface area contributed by atoms with E-state index in [-0.39, 0.29) is 23.0 Å². The molecule has 2 N–H and O–H groups in total. The number of anilines is 1. The summed E-state index contributed by atoms with van der Waals surface area (Å²) in [7, 11) is 4.63. The fourth-order valence-electron chi connectivity index (χ4n) is 3.85. The van der Waals surface area contributed by atoms with Crippen molar-refractivity contribution in [3.8, 4) is 23.0 Å². The minimum absolute atomic E-state index is 0.0235. The molecule has 1 amide bonds. The Morgan fingerprint density at radius 1 is 1.14 bits per heavy atom. The van der Waals surface area contributed by atoms with Crippen molar-refractivity contribution in [2.75, 3.05) is 26.1 Å². The number of carbonyl (C=O) groups excluding carboxylic acids is 1. The summed E-state index contributed by atoms with van der Waals surface area (Å²) < 4.78 is 18.0. The van der Waals surface area contributed by atoms with Gasteiger partial charge in [-0.15, -0.1) is 0 Å². The van der Waals surface area contributed by atoms with Crippen molar-refractivity contribution in [2.24, 2.45) is 13.0 Å². The van der Waals surface area contributed by atoms with Crippen LogP contribution in [0.3, 0.4) is 0 Å². The van der Waals surface area contributed by atoms with E-state index in [0.29, 0.717) is 46.2 Å². The van der Waals surface area contributed by atoms with Gasteiger partial charge in [0.25, 0.3) is 5.56 Å². The smallest absolute Gasteiger partial charge is 0.297 e. The fraction of sp³-hybridized carbons (Fsp3) is 0.333. The van der Waals surface area contributed by atoms with E-state index in [9.17, 15) is 14.7 Å². The Bertz CT molecular complexity index is 1300. The molecule has 1 aromatic heterocycles. The molecule has 8 nitrogen and oxygen atoms in total. The van der Waals surface area contributed by atoms with Gasteiger partial charge in [0, 0.05) is 24.2 Å². The second-order valence-electron chi connectivity index (χ2n) is 8.42. The van der Waals surface area contributed by atoms with Crippen LogP contribution in [0.1, 0.15) is 32.3 Å². The van der Waals surface area contributed by atoms with Gasteiger partial charge in [-0.2, -0.15) is 0 Å². The van der Waals surface area contributed by atoms with Gasteiger partial charge in [0.15, 0.2) is 17.2 Å². The topological polar surface area (TPSA) is 99.0 Å². The van der Waals surface area contributed by atoms with E-state index in [1.54, 1.807) is 43.5 Å². The number of hydrogen-bond donors (Lipinski definition) is 2. The number of aromatic hydroxyl groups is 1. The van der Waals surface area contributed by atoms with E-state index in [1.807, 2.05) is 0 Å². The Kier molecular flexibility index (Phi) is 8.41. The Morgan fingerprint density at radius 2 is 1.91 bits per heavy atom. The van der Waals surface area contributed by atoms with Crippen LogP contribution in [-0.2, 0) is 11.8 Å². The molecule has 3 aromatic rings. The van der Waals surface area contributed by atoms with E-state index in [2.05, 4.69) is 19.2 Å². The van der Waals surface area contributed by atoms with Crippen LogP contribution in [0.5, 0.6) is 23.0 Å². The summed E-state index contributed by atoms with van der Waals surface area (Å²) in [6.45, 7) is 4.63. The molecule has 1 heterocycles. The Labute approximate surface area is 204 Å². The number of pyridine rings is 1. The van der Waals surface area contributed by atoms with Gasteiger partial charge in [-0.1, -0.05) is 26.3 Å². The lowest BCUT2D eigenvalue weighted by molar-refractivity contribution is -0.111. The highest BCUT2D eigenvalue weighted by molar-refractivity contribution is 6.03. The number of phenolic OH excluding ortho intramolecular Hbond substituents is 1. The highest BCUT2D eigenvalue weighted by atomic mass is 16.5. The lowest BCUT2D eigenvalue weighted by atomic mass is 10.1.